The van der Waals surface area contributed by atoms with Gasteiger partial charge in [-0.25, -0.2) is 0 Å². The number of benzene rings is 1. The number of piperazine rings is 1. The lowest BCUT2D eigenvalue weighted by molar-refractivity contribution is -0.133. The van der Waals surface area contributed by atoms with E-state index in [0.29, 0.717) is 37.0 Å². The van der Waals surface area contributed by atoms with Crippen LogP contribution in [0.3, 0.4) is 0 Å². The molecule has 3 aromatic rings. The first kappa shape index (κ1) is 24.0. The van der Waals surface area contributed by atoms with Gasteiger partial charge in [0.1, 0.15) is 16.9 Å². The van der Waals surface area contributed by atoms with E-state index < -0.39 is 6.04 Å². The van der Waals surface area contributed by atoms with Crippen molar-refractivity contribution in [2.45, 2.75) is 33.2 Å². The molecule has 8 nitrogen and oxygen atoms in total. The maximum atomic E-state index is 13.4. The molecule has 2 aromatic heterocycles. The van der Waals surface area contributed by atoms with E-state index in [-0.39, 0.29) is 17.6 Å². The number of carbonyl (C=O) groups is 2. The number of thiophene rings is 1. The molecule has 1 atom stereocenters. The molecule has 2 aliphatic rings. The zero-order valence-electron chi connectivity index (χ0n) is 19.7. The summed E-state index contributed by atoms with van der Waals surface area (Å²) in [6.07, 6.45) is 0.164. The van der Waals surface area contributed by atoms with Crippen LogP contribution >= 0.6 is 35.6 Å². The standard InChI is InChI=1S/C24H25ClN6O2S2/c1-13-14(2)35-23-20(13)21(16-4-6-17(25)7-5-16)26-18(22-28-27-15(3)31(22)23)12-19(32)29-8-10-30(11-9-29)24(33)34/h4-7,18H,8-12H2,1-3H3,(H,33,34). The number of hydrogen-bond acceptors (Lipinski definition) is 6. The highest BCUT2D eigenvalue weighted by atomic mass is 35.5. The van der Waals surface area contributed by atoms with Crippen LogP contribution in [0.25, 0.3) is 5.00 Å². The quantitative estimate of drug-likeness (QED) is 0.511. The van der Waals surface area contributed by atoms with Gasteiger partial charge >= 0.3 is 0 Å². The first-order chi connectivity index (χ1) is 16.7. The van der Waals surface area contributed by atoms with Gasteiger partial charge in [-0.3, -0.25) is 19.1 Å². The molecule has 1 saturated heterocycles. The summed E-state index contributed by atoms with van der Waals surface area (Å²) in [6, 6.07) is 7.13. The number of nitrogens with zero attached hydrogens (tertiary/aromatic N) is 6. The Hall–Kier alpha value is -2.69. The van der Waals surface area contributed by atoms with E-state index in [4.69, 9.17) is 16.6 Å². The van der Waals surface area contributed by atoms with E-state index in [2.05, 4.69) is 36.7 Å². The average molecular weight is 529 g/mol. The number of aromatic nitrogens is 3. The van der Waals surface area contributed by atoms with Gasteiger partial charge in [0.15, 0.2) is 5.82 Å². The molecular weight excluding hydrogens is 504 g/mol. The van der Waals surface area contributed by atoms with Crippen molar-refractivity contribution in [1.29, 1.82) is 0 Å². The van der Waals surface area contributed by atoms with Crippen LogP contribution < -0.4 is 0 Å². The Morgan fingerprint density at radius 1 is 1.06 bits per heavy atom. The number of halogens is 1. The number of amides is 2. The molecule has 0 saturated carbocycles. The number of rotatable bonds is 3. The molecule has 1 aromatic carbocycles. The molecule has 0 N–H and O–H groups in total. The molecule has 2 aliphatic heterocycles. The smallest absolute Gasteiger partial charge is 0.278 e. The molecule has 0 spiro atoms. The van der Waals surface area contributed by atoms with E-state index in [1.165, 1.54) is 4.88 Å². The fourth-order valence-electron chi connectivity index (χ4n) is 4.57. The molecule has 2 amide bonds. The molecule has 1 fully saturated rings. The monoisotopic (exact) mass is 528 g/mol. The van der Waals surface area contributed by atoms with Crippen LogP contribution in [-0.2, 0) is 4.79 Å². The summed E-state index contributed by atoms with van der Waals surface area (Å²) in [5, 5.41) is 10.2. The number of carbonyl (C=O) groups excluding carboxylic acids is 2. The maximum Gasteiger partial charge on any atom is 0.278 e. The number of fused-ring (bicyclic) bond motifs is 3. The van der Waals surface area contributed by atoms with Gasteiger partial charge in [0, 0.05) is 47.2 Å². The van der Waals surface area contributed by atoms with Crippen molar-refractivity contribution in [3.05, 3.63) is 62.5 Å². The van der Waals surface area contributed by atoms with Gasteiger partial charge in [-0.1, -0.05) is 36.4 Å². The van der Waals surface area contributed by atoms with Gasteiger partial charge in [-0.15, -0.1) is 21.5 Å². The highest BCUT2D eigenvalue weighted by molar-refractivity contribution is 7.96. The largest absolute Gasteiger partial charge is 0.339 e. The minimum Gasteiger partial charge on any atom is -0.339 e. The Bertz CT molecular complexity index is 1340. The Kier molecular flexibility index (Phi) is 6.45. The number of aryl methyl sites for hydroxylation is 2. The number of thiol groups is 1. The summed E-state index contributed by atoms with van der Waals surface area (Å²) in [4.78, 5) is 34.7. The summed E-state index contributed by atoms with van der Waals surface area (Å²) in [5.74, 6) is 1.39. The van der Waals surface area contributed by atoms with Crippen molar-refractivity contribution in [3.63, 3.8) is 0 Å². The second kappa shape index (κ2) is 9.40. The van der Waals surface area contributed by atoms with Crippen molar-refractivity contribution in [2.24, 2.45) is 4.99 Å². The van der Waals surface area contributed by atoms with Crippen LogP contribution in [-0.4, -0.2) is 67.6 Å². The van der Waals surface area contributed by atoms with Gasteiger partial charge in [0.05, 0.1) is 12.1 Å². The minimum absolute atomic E-state index is 0.0224. The molecule has 1 unspecified atom stereocenters. The van der Waals surface area contributed by atoms with Crippen LogP contribution in [0, 0.1) is 20.8 Å². The van der Waals surface area contributed by atoms with E-state index in [9.17, 15) is 9.59 Å². The van der Waals surface area contributed by atoms with E-state index in [0.717, 1.165) is 33.2 Å². The van der Waals surface area contributed by atoms with Gasteiger partial charge in [-0.2, -0.15) is 0 Å². The second-order valence-corrected chi connectivity index (χ2v) is 10.8. The lowest BCUT2D eigenvalue weighted by atomic mass is 9.99. The molecule has 182 valence electrons. The molecule has 0 radical (unpaired) electrons. The normalized spacial score (nSPS) is 17.5. The molecule has 5 rings (SSSR count). The van der Waals surface area contributed by atoms with Crippen LogP contribution in [0.15, 0.2) is 29.3 Å². The van der Waals surface area contributed by atoms with Crippen molar-refractivity contribution in [3.8, 4) is 5.00 Å². The Morgan fingerprint density at radius 2 is 1.71 bits per heavy atom. The maximum absolute atomic E-state index is 13.4. The van der Waals surface area contributed by atoms with Gasteiger partial charge in [-0.05, 0) is 38.5 Å². The molecule has 11 heteroatoms. The SMILES string of the molecule is Cc1sc2c(c1C)C(c1ccc(Cl)cc1)=NC(CC(=O)N1CCN(C(=O)S)CC1)c1nnc(C)n1-2. The van der Waals surface area contributed by atoms with Crippen molar-refractivity contribution in [1.82, 2.24) is 24.6 Å². The Morgan fingerprint density at radius 3 is 2.37 bits per heavy atom. The highest BCUT2D eigenvalue weighted by Gasteiger charge is 2.34. The molecular formula is C24H25ClN6O2S2. The highest BCUT2D eigenvalue weighted by Crippen LogP contribution is 2.39. The molecule has 35 heavy (non-hydrogen) atoms. The average Bonchev–Trinajstić information content (AvgIpc) is 3.31. The summed E-state index contributed by atoms with van der Waals surface area (Å²) < 4.78 is 2.04. The third-order valence-corrected chi connectivity index (χ3v) is 8.36. The lowest BCUT2D eigenvalue weighted by Crippen LogP contribution is -2.49. The van der Waals surface area contributed by atoms with Crippen LogP contribution in [0.4, 0.5) is 4.79 Å². The zero-order valence-corrected chi connectivity index (χ0v) is 22.1. The summed E-state index contributed by atoms with van der Waals surface area (Å²) in [6.45, 7) is 8.02. The van der Waals surface area contributed by atoms with Gasteiger partial charge in [0.25, 0.3) is 5.24 Å². The number of aliphatic imine (C=N–C) groups is 1. The van der Waals surface area contributed by atoms with E-state index in [1.54, 1.807) is 21.1 Å². The summed E-state index contributed by atoms with van der Waals surface area (Å²) in [5.41, 5.74) is 3.95. The van der Waals surface area contributed by atoms with Crippen LogP contribution in [0.1, 0.15) is 45.7 Å². The first-order valence-electron chi connectivity index (χ1n) is 11.4. The third-order valence-electron chi connectivity index (χ3n) is 6.63. The Balaban J connectivity index is 1.56. The van der Waals surface area contributed by atoms with Crippen molar-refractivity contribution >= 4 is 52.4 Å². The topological polar surface area (TPSA) is 83.7 Å². The fraction of sp³-hybridized carbons (Fsp3) is 0.375. The minimum atomic E-state index is -0.502. The first-order valence-corrected chi connectivity index (χ1v) is 13.0. The van der Waals surface area contributed by atoms with Crippen molar-refractivity contribution in [2.75, 3.05) is 26.2 Å². The lowest BCUT2D eigenvalue weighted by Gasteiger charge is -2.34. The van der Waals surface area contributed by atoms with Gasteiger partial charge in [0.2, 0.25) is 5.91 Å². The van der Waals surface area contributed by atoms with Crippen molar-refractivity contribution < 1.29 is 9.59 Å². The third kappa shape index (κ3) is 4.39. The molecule has 0 aliphatic carbocycles. The predicted molar refractivity (Wildman–Crippen MR) is 140 cm³/mol. The van der Waals surface area contributed by atoms with Crippen LogP contribution in [0.2, 0.25) is 5.02 Å². The molecule has 4 heterocycles. The zero-order chi connectivity index (χ0) is 24.9. The van der Waals surface area contributed by atoms with E-state index >= 15 is 0 Å². The summed E-state index contributed by atoms with van der Waals surface area (Å²) in [7, 11) is 0. The summed E-state index contributed by atoms with van der Waals surface area (Å²) >= 11 is 11.7. The number of hydrogen-bond donors (Lipinski definition) is 1. The van der Waals surface area contributed by atoms with E-state index in [1.807, 2.05) is 35.8 Å². The second-order valence-electron chi connectivity index (χ2n) is 8.76. The predicted octanol–water partition coefficient (Wildman–Crippen LogP) is 4.38. The Labute approximate surface area is 218 Å². The molecule has 0 bridgehead atoms. The fourth-order valence-corrected chi connectivity index (χ4v) is 6.11. The van der Waals surface area contributed by atoms with Crippen LogP contribution in [0.5, 0.6) is 0 Å². The van der Waals surface area contributed by atoms with Gasteiger partial charge < -0.3 is 9.80 Å².